The molecule has 1 aromatic rings. The van der Waals surface area contributed by atoms with Crippen LogP contribution in [0.5, 0.6) is 0 Å². The quantitative estimate of drug-likeness (QED) is 0.660. The maximum atomic E-state index is 12.5. The molecule has 0 saturated carbocycles. The third kappa shape index (κ3) is 2.58. The molecule has 1 aliphatic rings. The molecular weight excluding hydrogens is 265 g/mol. The highest BCUT2D eigenvalue weighted by atomic mass is 19.4. The lowest BCUT2D eigenvalue weighted by molar-refractivity contribution is -0.385. The number of benzene rings is 1. The van der Waals surface area contributed by atoms with Crippen LogP contribution in [0.25, 0.3) is 0 Å². The van der Waals surface area contributed by atoms with Gasteiger partial charge in [-0.05, 0) is 17.5 Å². The van der Waals surface area contributed by atoms with Crippen molar-refractivity contribution >= 4 is 11.5 Å². The average Bonchev–Trinajstić information content (AvgIpc) is 2.35. The number of non-ortho nitro benzene ring substituents is 1. The van der Waals surface area contributed by atoms with E-state index in [0.717, 1.165) is 6.07 Å². The first-order valence-corrected chi connectivity index (χ1v) is 5.42. The van der Waals surface area contributed by atoms with E-state index in [-0.39, 0.29) is 17.8 Å². The molecule has 102 valence electrons. The standard InChI is InChI=1S/C11H9F3N2O3/c12-11(13,14)10(17)9-8-5-7(16(18)19)2-1-6(8)3-4-15-9/h1-2,5,9,15H,3-4H2. The maximum Gasteiger partial charge on any atom is 0.452 e. The fourth-order valence-electron chi connectivity index (χ4n) is 2.05. The normalized spacial score (nSPS) is 18.8. The molecular formula is C11H9F3N2O3. The second kappa shape index (κ2) is 4.61. The Morgan fingerprint density at radius 3 is 2.68 bits per heavy atom. The monoisotopic (exact) mass is 274 g/mol. The van der Waals surface area contributed by atoms with Gasteiger partial charge in [-0.15, -0.1) is 0 Å². The third-order valence-electron chi connectivity index (χ3n) is 2.94. The molecule has 0 aliphatic carbocycles. The Labute approximate surface area is 105 Å². The van der Waals surface area contributed by atoms with E-state index in [1.807, 2.05) is 0 Å². The first kappa shape index (κ1) is 13.5. The molecule has 8 heteroatoms. The van der Waals surface area contributed by atoms with Crippen LogP contribution in [0.15, 0.2) is 18.2 Å². The van der Waals surface area contributed by atoms with Gasteiger partial charge in [0.25, 0.3) is 11.5 Å². The maximum absolute atomic E-state index is 12.5. The minimum atomic E-state index is -4.98. The molecule has 0 saturated heterocycles. The zero-order chi connectivity index (χ0) is 14.2. The van der Waals surface area contributed by atoms with Gasteiger partial charge in [0.05, 0.1) is 4.92 Å². The second-order valence-corrected chi connectivity index (χ2v) is 4.14. The van der Waals surface area contributed by atoms with Crippen LogP contribution in [0.2, 0.25) is 0 Å². The van der Waals surface area contributed by atoms with Crippen LogP contribution in [-0.4, -0.2) is 23.4 Å². The summed E-state index contributed by atoms with van der Waals surface area (Å²) in [5, 5.41) is 13.1. The smallest absolute Gasteiger partial charge is 0.303 e. The van der Waals surface area contributed by atoms with Crippen molar-refractivity contribution in [3.63, 3.8) is 0 Å². The fraction of sp³-hybridized carbons (Fsp3) is 0.364. The average molecular weight is 274 g/mol. The van der Waals surface area contributed by atoms with Crippen molar-refractivity contribution in [3.05, 3.63) is 39.4 Å². The number of carbonyl (C=O) groups excluding carboxylic acids is 1. The molecule has 0 fully saturated rings. The SMILES string of the molecule is O=C(C1NCCc2ccc([N+](=O)[O-])cc21)C(F)(F)F. The van der Waals surface area contributed by atoms with E-state index in [1.54, 1.807) is 0 Å². The molecule has 5 nitrogen and oxygen atoms in total. The largest absolute Gasteiger partial charge is 0.452 e. The zero-order valence-electron chi connectivity index (χ0n) is 9.53. The Kier molecular flexibility index (Phi) is 3.27. The predicted octanol–water partition coefficient (Wildman–Crippen LogP) is 1.91. The Bertz CT molecular complexity index is 542. The van der Waals surface area contributed by atoms with Crippen LogP contribution in [0.3, 0.4) is 0 Å². The van der Waals surface area contributed by atoms with Crippen LogP contribution in [0, 0.1) is 10.1 Å². The molecule has 1 atom stereocenters. The van der Waals surface area contributed by atoms with Gasteiger partial charge in [-0.1, -0.05) is 6.07 Å². The number of alkyl halides is 3. The predicted molar refractivity (Wildman–Crippen MR) is 58.6 cm³/mol. The summed E-state index contributed by atoms with van der Waals surface area (Å²) in [5.74, 6) is -1.94. The molecule has 0 bridgehead atoms. The van der Waals surface area contributed by atoms with Gasteiger partial charge in [-0.2, -0.15) is 13.2 Å². The highest BCUT2D eigenvalue weighted by molar-refractivity contribution is 5.90. The summed E-state index contributed by atoms with van der Waals surface area (Å²) >= 11 is 0. The number of nitrogens with zero attached hydrogens (tertiary/aromatic N) is 1. The summed E-state index contributed by atoms with van der Waals surface area (Å²) < 4.78 is 37.4. The van der Waals surface area contributed by atoms with E-state index in [4.69, 9.17) is 0 Å². The second-order valence-electron chi connectivity index (χ2n) is 4.14. The highest BCUT2D eigenvalue weighted by Gasteiger charge is 2.45. The van der Waals surface area contributed by atoms with Gasteiger partial charge >= 0.3 is 6.18 Å². The van der Waals surface area contributed by atoms with Crippen molar-refractivity contribution in [3.8, 4) is 0 Å². The number of nitrogens with one attached hydrogen (secondary N) is 1. The van der Waals surface area contributed by atoms with Gasteiger partial charge < -0.3 is 5.32 Å². The number of Topliss-reactive ketones (excluding diaryl/α,β-unsaturated/α-hetero) is 1. The summed E-state index contributed by atoms with van der Waals surface area (Å²) in [6.07, 6.45) is -4.55. The number of ketones is 1. The van der Waals surface area contributed by atoms with E-state index < -0.39 is 22.9 Å². The molecule has 1 aliphatic heterocycles. The van der Waals surface area contributed by atoms with Crippen LogP contribution in [0.1, 0.15) is 17.2 Å². The van der Waals surface area contributed by atoms with Gasteiger partial charge in [0.2, 0.25) is 0 Å². The highest BCUT2D eigenvalue weighted by Crippen LogP contribution is 2.32. The van der Waals surface area contributed by atoms with Crippen molar-refractivity contribution in [2.75, 3.05) is 6.54 Å². The molecule has 0 radical (unpaired) electrons. The van der Waals surface area contributed by atoms with Crippen LogP contribution in [0.4, 0.5) is 18.9 Å². The van der Waals surface area contributed by atoms with E-state index in [1.165, 1.54) is 12.1 Å². The van der Waals surface area contributed by atoms with E-state index in [2.05, 4.69) is 5.32 Å². The Morgan fingerprint density at radius 1 is 1.42 bits per heavy atom. The lowest BCUT2D eigenvalue weighted by Crippen LogP contribution is -2.41. The number of carbonyl (C=O) groups is 1. The molecule has 0 spiro atoms. The first-order chi connectivity index (χ1) is 8.80. The van der Waals surface area contributed by atoms with Gasteiger partial charge in [0.1, 0.15) is 6.04 Å². The molecule has 19 heavy (non-hydrogen) atoms. The minimum absolute atomic E-state index is 0.0303. The fourth-order valence-corrected chi connectivity index (χ4v) is 2.05. The van der Waals surface area contributed by atoms with Crippen LogP contribution < -0.4 is 5.32 Å². The van der Waals surface area contributed by atoms with E-state index in [0.29, 0.717) is 12.0 Å². The summed E-state index contributed by atoms with van der Waals surface area (Å²) in [4.78, 5) is 21.2. The Morgan fingerprint density at radius 2 is 2.11 bits per heavy atom. The third-order valence-corrected chi connectivity index (χ3v) is 2.94. The minimum Gasteiger partial charge on any atom is -0.303 e. The Balaban J connectivity index is 2.45. The summed E-state index contributed by atoms with van der Waals surface area (Å²) in [5.41, 5.74) is 0.220. The number of hydrogen-bond acceptors (Lipinski definition) is 4. The van der Waals surface area contributed by atoms with Crippen LogP contribution >= 0.6 is 0 Å². The Hall–Kier alpha value is -1.96. The van der Waals surface area contributed by atoms with Gasteiger partial charge in [0, 0.05) is 18.7 Å². The summed E-state index contributed by atoms with van der Waals surface area (Å²) in [6.45, 7) is 0.220. The van der Waals surface area contributed by atoms with Gasteiger partial charge in [0.15, 0.2) is 0 Å². The number of rotatable bonds is 2. The molecule has 1 unspecified atom stereocenters. The zero-order valence-corrected chi connectivity index (χ0v) is 9.53. The van der Waals surface area contributed by atoms with Gasteiger partial charge in [-0.25, -0.2) is 0 Å². The van der Waals surface area contributed by atoms with Crippen molar-refractivity contribution in [1.29, 1.82) is 0 Å². The molecule has 0 amide bonds. The van der Waals surface area contributed by atoms with Crippen molar-refractivity contribution in [1.82, 2.24) is 5.32 Å². The summed E-state index contributed by atoms with van der Waals surface area (Å²) in [6, 6.07) is 2.07. The number of hydrogen-bond donors (Lipinski definition) is 1. The van der Waals surface area contributed by atoms with Crippen LogP contribution in [-0.2, 0) is 11.2 Å². The number of fused-ring (bicyclic) bond motifs is 1. The van der Waals surface area contributed by atoms with E-state index in [9.17, 15) is 28.1 Å². The number of nitro groups is 1. The van der Waals surface area contributed by atoms with Crippen molar-refractivity contribution in [2.45, 2.75) is 18.6 Å². The van der Waals surface area contributed by atoms with Crippen molar-refractivity contribution < 1.29 is 22.9 Å². The molecule has 0 aromatic heterocycles. The number of halogens is 3. The molecule has 1 heterocycles. The summed E-state index contributed by atoms with van der Waals surface area (Å²) in [7, 11) is 0. The number of nitro benzene ring substituents is 1. The molecule has 2 rings (SSSR count). The molecule has 1 aromatic carbocycles. The van der Waals surface area contributed by atoms with E-state index >= 15 is 0 Å². The topological polar surface area (TPSA) is 72.2 Å². The lowest BCUT2D eigenvalue weighted by Gasteiger charge is -2.26. The van der Waals surface area contributed by atoms with Gasteiger partial charge in [-0.3, -0.25) is 14.9 Å². The first-order valence-electron chi connectivity index (χ1n) is 5.42. The van der Waals surface area contributed by atoms with Crippen molar-refractivity contribution in [2.24, 2.45) is 0 Å². The lowest BCUT2D eigenvalue weighted by atomic mass is 9.91. The molecule has 1 N–H and O–H groups in total.